The lowest BCUT2D eigenvalue weighted by molar-refractivity contribution is 0.0769. The van der Waals surface area contributed by atoms with E-state index in [4.69, 9.17) is 4.52 Å². The molecule has 0 saturated heterocycles. The number of amides is 1. The highest BCUT2D eigenvalue weighted by Crippen LogP contribution is 2.24. The molecule has 3 aromatic rings. The summed E-state index contributed by atoms with van der Waals surface area (Å²) < 4.78 is 29.9. The van der Waals surface area contributed by atoms with Crippen LogP contribution in [0.25, 0.3) is 10.7 Å². The number of rotatable bonds is 6. The van der Waals surface area contributed by atoms with Gasteiger partial charge in [0.1, 0.15) is 0 Å². The van der Waals surface area contributed by atoms with Gasteiger partial charge < -0.3 is 9.42 Å². The molecule has 0 radical (unpaired) electrons. The van der Waals surface area contributed by atoms with Crippen molar-refractivity contribution in [2.75, 3.05) is 24.7 Å². The highest BCUT2D eigenvalue weighted by Gasteiger charge is 2.19. The van der Waals surface area contributed by atoms with E-state index < -0.39 is 10.0 Å². The van der Waals surface area contributed by atoms with Gasteiger partial charge in [-0.15, -0.1) is 11.3 Å². The Morgan fingerprint density at radius 2 is 2.00 bits per heavy atom. The van der Waals surface area contributed by atoms with Gasteiger partial charge in [-0.3, -0.25) is 9.10 Å². The van der Waals surface area contributed by atoms with Crippen molar-refractivity contribution in [2.24, 2.45) is 0 Å². The standard InChI is InChI=1S/C18H20N4O4S2/c1-12-10-13(7-8-14(12)22(3)28(4,24)25)18(23)21(2)11-16-19-17(20-26-16)15-6-5-9-27-15/h5-10H,11H2,1-4H3. The van der Waals surface area contributed by atoms with Crippen LogP contribution in [0, 0.1) is 6.92 Å². The van der Waals surface area contributed by atoms with E-state index in [2.05, 4.69) is 10.1 Å². The highest BCUT2D eigenvalue weighted by atomic mass is 32.2. The van der Waals surface area contributed by atoms with E-state index in [9.17, 15) is 13.2 Å². The summed E-state index contributed by atoms with van der Waals surface area (Å²) in [5.74, 6) is 0.604. The summed E-state index contributed by atoms with van der Waals surface area (Å²) in [6, 6.07) is 8.69. The minimum Gasteiger partial charge on any atom is -0.337 e. The predicted molar refractivity (Wildman–Crippen MR) is 108 cm³/mol. The van der Waals surface area contributed by atoms with Crippen molar-refractivity contribution in [3.8, 4) is 10.7 Å². The first kappa shape index (κ1) is 20.0. The molecule has 1 amide bonds. The Bertz CT molecular complexity index is 1090. The Morgan fingerprint density at radius 1 is 1.25 bits per heavy atom. The van der Waals surface area contributed by atoms with Crippen molar-refractivity contribution in [2.45, 2.75) is 13.5 Å². The zero-order valence-corrected chi connectivity index (χ0v) is 17.5. The maximum absolute atomic E-state index is 12.7. The lowest BCUT2D eigenvalue weighted by atomic mass is 10.1. The average Bonchev–Trinajstić information content (AvgIpc) is 3.31. The molecule has 0 atom stereocenters. The molecule has 2 aromatic heterocycles. The molecular weight excluding hydrogens is 400 g/mol. The number of benzene rings is 1. The molecule has 0 fully saturated rings. The SMILES string of the molecule is Cc1cc(C(=O)N(C)Cc2nc(-c3cccs3)no2)ccc1N(C)S(C)(=O)=O. The molecule has 0 aliphatic rings. The topological polar surface area (TPSA) is 96.6 Å². The van der Waals surface area contributed by atoms with Gasteiger partial charge in [0.2, 0.25) is 21.7 Å². The van der Waals surface area contributed by atoms with E-state index in [1.807, 2.05) is 17.5 Å². The summed E-state index contributed by atoms with van der Waals surface area (Å²) in [6.45, 7) is 1.93. The number of anilines is 1. The van der Waals surface area contributed by atoms with Gasteiger partial charge in [0.15, 0.2) is 0 Å². The van der Waals surface area contributed by atoms with Crippen molar-refractivity contribution in [3.05, 3.63) is 52.7 Å². The van der Waals surface area contributed by atoms with Crippen molar-refractivity contribution < 1.29 is 17.7 Å². The molecule has 8 nitrogen and oxygen atoms in total. The van der Waals surface area contributed by atoms with E-state index in [0.29, 0.717) is 28.5 Å². The maximum atomic E-state index is 12.7. The summed E-state index contributed by atoms with van der Waals surface area (Å²) in [7, 11) is -0.253. The minimum absolute atomic E-state index is 0.168. The van der Waals surface area contributed by atoms with Crippen molar-refractivity contribution in [3.63, 3.8) is 0 Å². The summed E-state index contributed by atoms with van der Waals surface area (Å²) in [4.78, 5) is 19.4. The zero-order valence-electron chi connectivity index (χ0n) is 15.9. The molecule has 3 rings (SSSR count). The Hall–Kier alpha value is -2.72. The number of carbonyl (C=O) groups is 1. The second kappa shape index (κ2) is 7.72. The average molecular weight is 421 g/mol. The molecule has 0 aliphatic carbocycles. The van der Waals surface area contributed by atoms with Crippen molar-refractivity contribution in [1.82, 2.24) is 15.0 Å². The number of sulfonamides is 1. The van der Waals surface area contributed by atoms with Gasteiger partial charge in [-0.05, 0) is 42.1 Å². The van der Waals surface area contributed by atoms with Gasteiger partial charge in [-0.1, -0.05) is 11.2 Å². The van der Waals surface area contributed by atoms with Crippen LogP contribution in [-0.2, 0) is 16.6 Å². The first-order valence-corrected chi connectivity index (χ1v) is 11.1. The third-order valence-electron chi connectivity index (χ3n) is 4.21. The Morgan fingerprint density at radius 3 is 2.61 bits per heavy atom. The number of thiophene rings is 1. The molecule has 148 valence electrons. The Labute approximate surface area is 167 Å². The number of hydrogen-bond donors (Lipinski definition) is 0. The van der Waals surface area contributed by atoms with Crippen LogP contribution < -0.4 is 4.31 Å². The van der Waals surface area contributed by atoms with Crippen LogP contribution >= 0.6 is 11.3 Å². The summed E-state index contributed by atoms with van der Waals surface area (Å²) >= 11 is 1.51. The molecule has 0 bridgehead atoms. The van der Waals surface area contributed by atoms with E-state index in [1.54, 1.807) is 32.2 Å². The van der Waals surface area contributed by atoms with Crippen LogP contribution in [0.1, 0.15) is 21.8 Å². The van der Waals surface area contributed by atoms with Crippen LogP contribution in [0.2, 0.25) is 0 Å². The Kier molecular flexibility index (Phi) is 5.52. The molecule has 2 heterocycles. The summed E-state index contributed by atoms with van der Waals surface area (Å²) in [6.07, 6.45) is 1.13. The van der Waals surface area contributed by atoms with Crippen molar-refractivity contribution >= 4 is 33.0 Å². The molecular formula is C18H20N4O4S2. The minimum atomic E-state index is -3.37. The molecule has 0 spiro atoms. The van der Waals surface area contributed by atoms with E-state index in [1.165, 1.54) is 27.6 Å². The number of aromatic nitrogens is 2. The highest BCUT2D eigenvalue weighted by molar-refractivity contribution is 7.92. The summed E-state index contributed by atoms with van der Waals surface area (Å²) in [5.41, 5.74) is 1.66. The first-order chi connectivity index (χ1) is 13.2. The molecule has 0 unspecified atom stereocenters. The van der Waals surface area contributed by atoms with Crippen LogP contribution in [0.5, 0.6) is 0 Å². The smallest absolute Gasteiger partial charge is 0.254 e. The third kappa shape index (κ3) is 4.23. The second-order valence-electron chi connectivity index (χ2n) is 6.38. The van der Waals surface area contributed by atoms with E-state index in [0.717, 1.165) is 11.1 Å². The van der Waals surface area contributed by atoms with Gasteiger partial charge in [0, 0.05) is 19.7 Å². The van der Waals surface area contributed by atoms with Crippen molar-refractivity contribution in [1.29, 1.82) is 0 Å². The fraction of sp³-hybridized carbons (Fsp3) is 0.278. The van der Waals surface area contributed by atoms with Crippen LogP contribution in [0.4, 0.5) is 5.69 Å². The van der Waals surface area contributed by atoms with Crippen LogP contribution in [0.15, 0.2) is 40.2 Å². The molecule has 10 heteroatoms. The second-order valence-corrected chi connectivity index (χ2v) is 9.34. The molecule has 1 aromatic carbocycles. The largest absolute Gasteiger partial charge is 0.337 e. The fourth-order valence-corrected chi connectivity index (χ4v) is 3.85. The molecule has 0 aliphatic heterocycles. The Balaban J connectivity index is 1.74. The molecule has 28 heavy (non-hydrogen) atoms. The fourth-order valence-electron chi connectivity index (χ4n) is 2.64. The van der Waals surface area contributed by atoms with Gasteiger partial charge in [-0.2, -0.15) is 4.98 Å². The van der Waals surface area contributed by atoms with E-state index in [-0.39, 0.29) is 12.5 Å². The zero-order chi connectivity index (χ0) is 20.5. The quantitative estimate of drug-likeness (QED) is 0.608. The third-order valence-corrected chi connectivity index (χ3v) is 6.27. The van der Waals surface area contributed by atoms with Gasteiger partial charge in [-0.25, -0.2) is 8.42 Å². The molecule has 0 N–H and O–H groups in total. The van der Waals surface area contributed by atoms with Crippen LogP contribution in [0.3, 0.4) is 0 Å². The van der Waals surface area contributed by atoms with Crippen LogP contribution in [-0.4, -0.2) is 49.7 Å². The monoisotopic (exact) mass is 420 g/mol. The van der Waals surface area contributed by atoms with Gasteiger partial charge in [0.05, 0.1) is 23.4 Å². The predicted octanol–water partition coefficient (Wildman–Crippen LogP) is 2.77. The number of aryl methyl sites for hydroxylation is 1. The number of hydrogen-bond acceptors (Lipinski definition) is 7. The first-order valence-electron chi connectivity index (χ1n) is 8.33. The summed E-state index contributed by atoms with van der Waals surface area (Å²) in [5, 5.41) is 5.86. The number of carbonyl (C=O) groups excluding carboxylic acids is 1. The normalized spacial score (nSPS) is 11.4. The van der Waals surface area contributed by atoms with Gasteiger partial charge in [0.25, 0.3) is 5.91 Å². The lowest BCUT2D eigenvalue weighted by Crippen LogP contribution is -2.27. The number of nitrogens with zero attached hydrogens (tertiary/aromatic N) is 4. The van der Waals surface area contributed by atoms with Gasteiger partial charge >= 0.3 is 0 Å². The lowest BCUT2D eigenvalue weighted by Gasteiger charge is -2.20. The molecule has 0 saturated carbocycles. The maximum Gasteiger partial charge on any atom is 0.254 e. The van der Waals surface area contributed by atoms with E-state index >= 15 is 0 Å².